The number of amides is 2. The van der Waals surface area contributed by atoms with E-state index in [4.69, 9.17) is 0 Å². The van der Waals surface area contributed by atoms with Crippen molar-refractivity contribution in [2.45, 2.75) is 71.3 Å². The fourth-order valence-corrected chi connectivity index (χ4v) is 3.33. The molecule has 1 N–H and O–H groups in total. The van der Waals surface area contributed by atoms with E-state index in [0.717, 1.165) is 18.7 Å². The lowest BCUT2D eigenvalue weighted by atomic mass is 9.98. The molecule has 3 atom stereocenters. The first kappa shape index (κ1) is 19.6. The van der Waals surface area contributed by atoms with Gasteiger partial charge in [-0.05, 0) is 32.1 Å². The molecule has 0 spiro atoms. The van der Waals surface area contributed by atoms with Gasteiger partial charge in [-0.3, -0.25) is 0 Å². The second kappa shape index (κ2) is 8.10. The lowest BCUT2D eigenvalue weighted by Gasteiger charge is -2.37. The van der Waals surface area contributed by atoms with Crippen molar-refractivity contribution in [3.05, 3.63) is 18.2 Å². The van der Waals surface area contributed by atoms with E-state index < -0.39 is 24.2 Å². The molecule has 1 aliphatic rings. The van der Waals surface area contributed by atoms with Crippen molar-refractivity contribution in [3.8, 4) is 0 Å². The summed E-state index contributed by atoms with van der Waals surface area (Å²) < 4.78 is 41.9. The second-order valence-electron chi connectivity index (χ2n) is 6.63. The zero-order valence-corrected chi connectivity index (χ0v) is 15.0. The Morgan fingerprint density at radius 2 is 2.12 bits per heavy atom. The predicted octanol–water partition coefficient (Wildman–Crippen LogP) is 4.12. The highest BCUT2D eigenvalue weighted by Gasteiger charge is 2.44. The van der Waals surface area contributed by atoms with Crippen LogP contribution in [0, 0.1) is 5.92 Å². The fourth-order valence-electron chi connectivity index (χ4n) is 3.33. The number of aromatic nitrogens is 2. The fraction of sp³-hybridized carbons (Fsp3) is 0.765. The van der Waals surface area contributed by atoms with Crippen molar-refractivity contribution < 1.29 is 18.0 Å². The number of alkyl halides is 3. The second-order valence-corrected chi connectivity index (χ2v) is 6.63. The van der Waals surface area contributed by atoms with Crippen LogP contribution in [0.25, 0.3) is 0 Å². The van der Waals surface area contributed by atoms with Crippen LogP contribution >= 0.6 is 0 Å². The highest BCUT2D eigenvalue weighted by molar-refractivity contribution is 5.75. The van der Waals surface area contributed by atoms with E-state index in [1.54, 1.807) is 13.1 Å². The number of likely N-dealkylation sites (tertiary alicyclic amines) is 1. The quantitative estimate of drug-likeness (QED) is 0.859. The molecule has 2 heterocycles. The zero-order chi connectivity index (χ0) is 18.6. The van der Waals surface area contributed by atoms with Crippen LogP contribution in [-0.4, -0.2) is 39.2 Å². The van der Waals surface area contributed by atoms with Gasteiger partial charge in [0.25, 0.3) is 0 Å². The van der Waals surface area contributed by atoms with Crippen LogP contribution in [0.1, 0.15) is 58.3 Å². The standard InChI is InChI=1S/C17H27F3N4O/c1-4-12(3)14(17(18,19)20)22-16(25)24-10-7-6-8-13(24)15-21-9-11-23(15)5-2/h9,11-14H,4-8,10H2,1-3H3,(H,22,25). The van der Waals surface area contributed by atoms with Gasteiger partial charge in [0.2, 0.25) is 0 Å². The first-order valence-corrected chi connectivity index (χ1v) is 8.94. The number of halogens is 3. The van der Waals surface area contributed by atoms with Crippen molar-refractivity contribution in [1.29, 1.82) is 0 Å². The summed E-state index contributed by atoms with van der Waals surface area (Å²) in [4.78, 5) is 18.5. The van der Waals surface area contributed by atoms with Crippen molar-refractivity contribution in [1.82, 2.24) is 19.8 Å². The molecule has 1 saturated heterocycles. The molecule has 1 fully saturated rings. The summed E-state index contributed by atoms with van der Waals surface area (Å²) in [5, 5.41) is 2.23. The van der Waals surface area contributed by atoms with Crippen molar-refractivity contribution in [3.63, 3.8) is 0 Å². The average Bonchev–Trinajstić information content (AvgIpc) is 3.06. The number of nitrogens with zero attached hydrogens (tertiary/aromatic N) is 3. The maximum Gasteiger partial charge on any atom is 0.408 e. The van der Waals surface area contributed by atoms with Gasteiger partial charge in [-0.2, -0.15) is 13.2 Å². The van der Waals surface area contributed by atoms with Crippen molar-refractivity contribution in [2.75, 3.05) is 6.54 Å². The Bertz CT molecular complexity index is 572. The van der Waals surface area contributed by atoms with E-state index >= 15 is 0 Å². The number of imidazole rings is 1. The van der Waals surface area contributed by atoms with E-state index in [-0.39, 0.29) is 6.04 Å². The maximum atomic E-state index is 13.3. The molecular formula is C17H27F3N4O. The molecule has 2 amide bonds. The van der Waals surface area contributed by atoms with Crippen LogP contribution in [0.4, 0.5) is 18.0 Å². The molecule has 25 heavy (non-hydrogen) atoms. The molecule has 0 bridgehead atoms. The number of piperidine rings is 1. The number of rotatable bonds is 5. The van der Waals surface area contributed by atoms with Gasteiger partial charge in [-0.1, -0.05) is 20.3 Å². The van der Waals surface area contributed by atoms with E-state index in [9.17, 15) is 18.0 Å². The minimum atomic E-state index is -4.46. The lowest BCUT2D eigenvalue weighted by molar-refractivity contribution is -0.164. The largest absolute Gasteiger partial charge is 0.408 e. The third-order valence-corrected chi connectivity index (χ3v) is 4.99. The summed E-state index contributed by atoms with van der Waals surface area (Å²) in [6.07, 6.45) is 1.81. The normalized spacial score (nSPS) is 21.0. The monoisotopic (exact) mass is 360 g/mol. The molecule has 0 saturated carbocycles. The van der Waals surface area contributed by atoms with Crippen LogP contribution < -0.4 is 5.32 Å². The Balaban J connectivity index is 2.20. The molecule has 3 unspecified atom stereocenters. The molecule has 0 aliphatic carbocycles. The Hall–Kier alpha value is -1.73. The van der Waals surface area contributed by atoms with Crippen LogP contribution in [0.5, 0.6) is 0 Å². The molecule has 0 radical (unpaired) electrons. The van der Waals surface area contributed by atoms with Gasteiger partial charge < -0.3 is 14.8 Å². The minimum absolute atomic E-state index is 0.283. The Morgan fingerprint density at radius 1 is 1.40 bits per heavy atom. The number of hydrogen-bond donors (Lipinski definition) is 1. The van der Waals surface area contributed by atoms with E-state index in [1.807, 2.05) is 17.7 Å². The zero-order valence-electron chi connectivity index (χ0n) is 15.0. The molecule has 1 aromatic rings. The molecule has 8 heteroatoms. The molecular weight excluding hydrogens is 333 g/mol. The number of carbonyl (C=O) groups excluding carboxylic acids is 1. The van der Waals surface area contributed by atoms with Crippen LogP contribution in [0.2, 0.25) is 0 Å². The highest BCUT2D eigenvalue weighted by atomic mass is 19.4. The summed E-state index contributed by atoms with van der Waals surface area (Å²) in [6.45, 7) is 6.33. The van der Waals surface area contributed by atoms with Gasteiger partial charge in [-0.15, -0.1) is 0 Å². The summed E-state index contributed by atoms with van der Waals surface area (Å²) >= 11 is 0. The topological polar surface area (TPSA) is 50.2 Å². The Kier molecular flexibility index (Phi) is 6.35. The Morgan fingerprint density at radius 3 is 2.72 bits per heavy atom. The molecule has 1 aliphatic heterocycles. The van der Waals surface area contributed by atoms with Crippen molar-refractivity contribution in [2.24, 2.45) is 5.92 Å². The third kappa shape index (κ3) is 4.46. The van der Waals surface area contributed by atoms with Gasteiger partial charge in [0.1, 0.15) is 11.9 Å². The SMILES string of the molecule is CCC(C)C(NC(=O)N1CCCCC1c1nccn1CC)C(F)(F)F. The Labute approximate surface area is 146 Å². The van der Waals surface area contributed by atoms with Gasteiger partial charge >= 0.3 is 12.2 Å². The molecule has 5 nitrogen and oxygen atoms in total. The number of hydrogen-bond acceptors (Lipinski definition) is 2. The maximum absolute atomic E-state index is 13.3. The number of carbonyl (C=O) groups is 1. The summed E-state index contributed by atoms with van der Waals surface area (Å²) in [7, 11) is 0. The number of urea groups is 1. The highest BCUT2D eigenvalue weighted by Crippen LogP contribution is 2.32. The average molecular weight is 360 g/mol. The molecule has 2 rings (SSSR count). The van der Waals surface area contributed by atoms with E-state index in [2.05, 4.69) is 10.3 Å². The minimum Gasteiger partial charge on any atom is -0.333 e. The van der Waals surface area contributed by atoms with Crippen LogP contribution in [-0.2, 0) is 6.54 Å². The molecule has 1 aromatic heterocycles. The smallest absolute Gasteiger partial charge is 0.333 e. The summed E-state index contributed by atoms with van der Waals surface area (Å²) in [5.41, 5.74) is 0. The van der Waals surface area contributed by atoms with E-state index in [0.29, 0.717) is 25.9 Å². The first-order chi connectivity index (χ1) is 11.8. The summed E-state index contributed by atoms with van der Waals surface area (Å²) in [5.74, 6) is 0.0641. The number of nitrogens with one attached hydrogen (secondary N) is 1. The van der Waals surface area contributed by atoms with Gasteiger partial charge in [0.05, 0.1) is 6.04 Å². The van der Waals surface area contributed by atoms with Gasteiger partial charge in [-0.25, -0.2) is 9.78 Å². The number of aryl methyl sites for hydroxylation is 1. The molecule has 0 aromatic carbocycles. The van der Waals surface area contributed by atoms with Crippen LogP contribution in [0.3, 0.4) is 0 Å². The lowest BCUT2D eigenvalue weighted by Crippen LogP contribution is -2.55. The van der Waals surface area contributed by atoms with Gasteiger partial charge in [0.15, 0.2) is 0 Å². The first-order valence-electron chi connectivity index (χ1n) is 8.94. The molecule has 142 valence electrons. The third-order valence-electron chi connectivity index (χ3n) is 4.99. The predicted molar refractivity (Wildman–Crippen MR) is 89.0 cm³/mol. The van der Waals surface area contributed by atoms with Gasteiger partial charge in [0, 0.05) is 25.5 Å². The van der Waals surface area contributed by atoms with Crippen molar-refractivity contribution >= 4 is 6.03 Å². The van der Waals surface area contributed by atoms with E-state index in [1.165, 1.54) is 11.8 Å². The van der Waals surface area contributed by atoms with Crippen LogP contribution in [0.15, 0.2) is 12.4 Å². The summed E-state index contributed by atoms with van der Waals surface area (Å²) in [6, 6.07) is -2.77.